The first-order chi connectivity index (χ1) is 10.0. The van der Waals surface area contributed by atoms with Gasteiger partial charge in [-0.15, -0.1) is 0 Å². The minimum absolute atomic E-state index is 0.203. The predicted molar refractivity (Wildman–Crippen MR) is 87.8 cm³/mol. The Morgan fingerprint density at radius 1 is 1.43 bits per heavy atom. The van der Waals surface area contributed by atoms with Gasteiger partial charge in [-0.25, -0.2) is 0 Å². The summed E-state index contributed by atoms with van der Waals surface area (Å²) in [5.74, 6) is 0.603. The fraction of sp³-hybridized carbons (Fsp3) is 0.533. The average Bonchev–Trinajstić information content (AvgIpc) is 2.45. The van der Waals surface area contributed by atoms with E-state index < -0.39 is 6.10 Å². The fourth-order valence-corrected chi connectivity index (χ4v) is 2.13. The van der Waals surface area contributed by atoms with E-state index in [2.05, 4.69) is 0 Å². The lowest BCUT2D eigenvalue weighted by atomic mass is 10.2. The maximum Gasteiger partial charge on any atom is 0.129 e. The molecule has 0 aromatic heterocycles. The van der Waals surface area contributed by atoms with Crippen LogP contribution in [0.4, 0.5) is 0 Å². The minimum atomic E-state index is -0.572. The lowest BCUT2D eigenvalue weighted by molar-refractivity contribution is 0.0731. The number of methoxy groups -OCH3 is 1. The molecule has 1 aromatic carbocycles. The van der Waals surface area contributed by atoms with Gasteiger partial charge in [-0.1, -0.05) is 24.4 Å². The molecule has 0 fully saturated rings. The molecule has 1 rings (SSSR count). The van der Waals surface area contributed by atoms with E-state index in [4.69, 9.17) is 27.4 Å². The van der Waals surface area contributed by atoms with Gasteiger partial charge in [0.1, 0.15) is 23.4 Å². The number of nitrogens with two attached hydrogens (primary N) is 1. The first-order valence-electron chi connectivity index (χ1n) is 6.91. The lowest BCUT2D eigenvalue weighted by Crippen LogP contribution is -2.34. The Bertz CT molecular complexity index is 443. The molecule has 1 aromatic rings. The van der Waals surface area contributed by atoms with Gasteiger partial charge in [0.25, 0.3) is 0 Å². The molecule has 6 heteroatoms. The molecule has 0 amide bonds. The van der Waals surface area contributed by atoms with Crippen molar-refractivity contribution in [1.29, 1.82) is 0 Å². The van der Waals surface area contributed by atoms with Crippen LogP contribution >= 0.6 is 12.2 Å². The highest BCUT2D eigenvalue weighted by Crippen LogP contribution is 2.17. The van der Waals surface area contributed by atoms with E-state index in [1.807, 2.05) is 24.1 Å². The van der Waals surface area contributed by atoms with Gasteiger partial charge in [0.15, 0.2) is 0 Å². The van der Waals surface area contributed by atoms with Gasteiger partial charge < -0.3 is 25.2 Å². The van der Waals surface area contributed by atoms with Crippen molar-refractivity contribution < 1.29 is 14.6 Å². The largest absolute Gasteiger partial charge is 0.490 e. The van der Waals surface area contributed by atoms with E-state index in [0.29, 0.717) is 17.9 Å². The van der Waals surface area contributed by atoms with Crippen molar-refractivity contribution in [3.63, 3.8) is 0 Å². The summed E-state index contributed by atoms with van der Waals surface area (Å²) in [6.45, 7) is 2.33. The van der Waals surface area contributed by atoms with Gasteiger partial charge in [-0.3, -0.25) is 0 Å². The van der Waals surface area contributed by atoms with Crippen LogP contribution in [0.2, 0.25) is 0 Å². The highest BCUT2D eigenvalue weighted by atomic mass is 32.1. The molecule has 0 aliphatic carbocycles. The van der Waals surface area contributed by atoms with Gasteiger partial charge in [-0.05, 0) is 25.6 Å². The van der Waals surface area contributed by atoms with Gasteiger partial charge in [-0.2, -0.15) is 0 Å². The monoisotopic (exact) mass is 312 g/mol. The molecule has 0 radical (unpaired) electrons. The SMILES string of the molecule is COCCCN(C)CC(O)COc1ccccc1C(N)=S. The highest BCUT2D eigenvalue weighted by Gasteiger charge is 2.11. The number of likely N-dealkylation sites (N-methyl/N-ethyl adjacent to an activating group) is 1. The van der Waals surface area contributed by atoms with Gasteiger partial charge in [0.05, 0.1) is 5.56 Å². The Kier molecular flexibility index (Phi) is 8.22. The second-order valence-electron chi connectivity index (χ2n) is 4.93. The summed E-state index contributed by atoms with van der Waals surface area (Å²) < 4.78 is 10.6. The standard InChI is InChI=1S/C15H24N2O3S/c1-17(8-5-9-19-2)10-12(18)11-20-14-7-4-3-6-13(14)15(16)21/h3-4,6-7,12,18H,5,8-11H2,1-2H3,(H2,16,21). The molecule has 5 nitrogen and oxygen atoms in total. The van der Waals surface area contributed by atoms with E-state index in [1.165, 1.54) is 0 Å². The molecule has 0 aliphatic rings. The molecule has 0 spiro atoms. The molecule has 0 aliphatic heterocycles. The third-order valence-electron chi connectivity index (χ3n) is 2.99. The molecule has 0 heterocycles. The highest BCUT2D eigenvalue weighted by molar-refractivity contribution is 7.80. The topological polar surface area (TPSA) is 68.0 Å². The van der Waals surface area contributed by atoms with E-state index in [9.17, 15) is 5.11 Å². The second kappa shape index (κ2) is 9.68. The number of hydrogen-bond acceptors (Lipinski definition) is 5. The minimum Gasteiger partial charge on any atom is -0.490 e. The van der Waals surface area contributed by atoms with E-state index in [-0.39, 0.29) is 11.6 Å². The van der Waals surface area contributed by atoms with Crippen LogP contribution in [-0.2, 0) is 4.74 Å². The molecule has 3 N–H and O–H groups in total. The summed E-state index contributed by atoms with van der Waals surface area (Å²) in [4.78, 5) is 2.34. The number of aliphatic hydroxyl groups excluding tert-OH is 1. The summed E-state index contributed by atoms with van der Waals surface area (Å²) >= 11 is 4.97. The van der Waals surface area contributed by atoms with Crippen LogP contribution in [0, 0.1) is 0 Å². The molecule has 0 bridgehead atoms. The smallest absolute Gasteiger partial charge is 0.129 e. The van der Waals surface area contributed by atoms with Crippen molar-refractivity contribution in [2.24, 2.45) is 5.73 Å². The molecular weight excluding hydrogens is 288 g/mol. The third kappa shape index (κ3) is 6.86. The van der Waals surface area contributed by atoms with Crippen molar-refractivity contribution in [1.82, 2.24) is 4.90 Å². The first kappa shape index (κ1) is 17.8. The fourth-order valence-electron chi connectivity index (χ4n) is 1.96. The predicted octanol–water partition coefficient (Wildman–Crippen LogP) is 1.03. The Hall–Kier alpha value is -1.21. The van der Waals surface area contributed by atoms with Crippen molar-refractivity contribution in [3.8, 4) is 5.75 Å². The number of ether oxygens (including phenoxy) is 2. The lowest BCUT2D eigenvalue weighted by Gasteiger charge is -2.21. The molecule has 1 atom stereocenters. The van der Waals surface area contributed by atoms with E-state index in [1.54, 1.807) is 19.2 Å². The normalized spacial score (nSPS) is 12.4. The number of thiocarbonyl (C=S) groups is 1. The second-order valence-corrected chi connectivity index (χ2v) is 5.37. The van der Waals surface area contributed by atoms with Gasteiger partial charge in [0.2, 0.25) is 0 Å². The van der Waals surface area contributed by atoms with Crippen molar-refractivity contribution in [2.45, 2.75) is 12.5 Å². The van der Waals surface area contributed by atoms with Crippen LogP contribution in [0.15, 0.2) is 24.3 Å². The number of hydrogen-bond donors (Lipinski definition) is 2. The number of benzene rings is 1. The molecular formula is C15H24N2O3S. The summed E-state index contributed by atoms with van der Waals surface area (Å²) in [6.07, 6.45) is 0.363. The zero-order valence-corrected chi connectivity index (χ0v) is 13.4. The summed E-state index contributed by atoms with van der Waals surface area (Å²) in [5.41, 5.74) is 6.33. The molecule has 0 saturated carbocycles. The quantitative estimate of drug-likeness (QED) is 0.497. The Morgan fingerprint density at radius 3 is 2.81 bits per heavy atom. The van der Waals surface area contributed by atoms with E-state index in [0.717, 1.165) is 19.6 Å². The number of para-hydroxylation sites is 1. The maximum atomic E-state index is 10.0. The van der Waals surface area contributed by atoms with Crippen LogP contribution in [0.5, 0.6) is 5.75 Å². The Labute approximate surface area is 131 Å². The maximum absolute atomic E-state index is 10.0. The van der Waals surface area contributed by atoms with Gasteiger partial charge >= 0.3 is 0 Å². The molecule has 1 unspecified atom stereocenters. The summed E-state index contributed by atoms with van der Waals surface area (Å²) in [7, 11) is 3.64. The average molecular weight is 312 g/mol. The number of nitrogens with zero attached hydrogens (tertiary/aromatic N) is 1. The van der Waals surface area contributed by atoms with Crippen LogP contribution < -0.4 is 10.5 Å². The van der Waals surface area contributed by atoms with Crippen LogP contribution in [0.25, 0.3) is 0 Å². The zero-order valence-electron chi connectivity index (χ0n) is 12.6. The van der Waals surface area contributed by atoms with Crippen LogP contribution in [-0.4, -0.2) is 61.6 Å². The van der Waals surface area contributed by atoms with Crippen LogP contribution in [0.3, 0.4) is 0 Å². The number of rotatable bonds is 10. The Balaban J connectivity index is 2.39. The zero-order chi connectivity index (χ0) is 15.7. The molecule has 118 valence electrons. The molecule has 0 saturated heterocycles. The molecule has 21 heavy (non-hydrogen) atoms. The summed E-state index contributed by atoms with van der Waals surface area (Å²) in [6, 6.07) is 7.30. The van der Waals surface area contributed by atoms with Crippen molar-refractivity contribution >= 4 is 17.2 Å². The third-order valence-corrected chi connectivity index (χ3v) is 3.21. The van der Waals surface area contributed by atoms with Crippen LogP contribution in [0.1, 0.15) is 12.0 Å². The van der Waals surface area contributed by atoms with Gasteiger partial charge in [0, 0.05) is 26.8 Å². The van der Waals surface area contributed by atoms with Crippen molar-refractivity contribution in [3.05, 3.63) is 29.8 Å². The first-order valence-corrected chi connectivity index (χ1v) is 7.32. The summed E-state index contributed by atoms with van der Waals surface area (Å²) in [5, 5.41) is 10.0. The Morgan fingerprint density at radius 2 is 2.14 bits per heavy atom. The number of aliphatic hydroxyl groups is 1. The van der Waals surface area contributed by atoms with E-state index >= 15 is 0 Å². The van der Waals surface area contributed by atoms with Crippen molar-refractivity contribution in [2.75, 3.05) is 40.5 Å².